The summed E-state index contributed by atoms with van der Waals surface area (Å²) in [7, 11) is -3.61. The maximum absolute atomic E-state index is 14.0. The summed E-state index contributed by atoms with van der Waals surface area (Å²) in [5, 5.41) is 2.85. The van der Waals surface area contributed by atoms with Crippen molar-refractivity contribution in [3.05, 3.63) is 29.6 Å². The fourth-order valence-electron chi connectivity index (χ4n) is 3.34. The number of hydrogen-bond acceptors (Lipinski definition) is 4. The second-order valence-electron chi connectivity index (χ2n) is 6.94. The quantitative estimate of drug-likeness (QED) is 0.885. The number of benzene rings is 1. The number of urea groups is 1. The van der Waals surface area contributed by atoms with E-state index in [0.29, 0.717) is 25.3 Å². The van der Waals surface area contributed by atoms with Gasteiger partial charge in [-0.1, -0.05) is 6.07 Å². The monoisotopic (exact) mass is 370 g/mol. The average Bonchev–Trinajstić information content (AvgIpc) is 2.52. The van der Waals surface area contributed by atoms with E-state index in [1.807, 2.05) is 0 Å². The van der Waals surface area contributed by atoms with Gasteiger partial charge < -0.3 is 15.0 Å². The van der Waals surface area contributed by atoms with Gasteiger partial charge in [0.05, 0.1) is 24.8 Å². The van der Waals surface area contributed by atoms with E-state index in [-0.39, 0.29) is 16.5 Å². The van der Waals surface area contributed by atoms with Gasteiger partial charge in [0, 0.05) is 12.8 Å². The Hall–Kier alpha value is -1.67. The number of sulfone groups is 1. The lowest BCUT2D eigenvalue weighted by Gasteiger charge is -2.48. The first-order valence-corrected chi connectivity index (χ1v) is 10.3. The summed E-state index contributed by atoms with van der Waals surface area (Å²) < 4.78 is 42.8. The molecule has 6 nitrogen and oxygen atoms in total. The molecule has 1 N–H and O–H groups in total. The second kappa shape index (κ2) is 6.57. The number of amides is 2. The highest BCUT2D eigenvalue weighted by Gasteiger charge is 2.43. The van der Waals surface area contributed by atoms with Gasteiger partial charge in [0.2, 0.25) is 0 Å². The van der Waals surface area contributed by atoms with Crippen molar-refractivity contribution in [1.29, 1.82) is 0 Å². The first kappa shape index (κ1) is 18.1. The molecule has 1 saturated heterocycles. The smallest absolute Gasteiger partial charge is 0.318 e. The van der Waals surface area contributed by atoms with Gasteiger partial charge >= 0.3 is 6.03 Å². The Morgan fingerprint density at radius 2 is 2.12 bits per heavy atom. The zero-order chi connectivity index (χ0) is 18.2. The van der Waals surface area contributed by atoms with Crippen LogP contribution >= 0.6 is 0 Å². The number of rotatable bonds is 3. The summed E-state index contributed by atoms with van der Waals surface area (Å²) in [5.41, 5.74) is 0.340. The Morgan fingerprint density at radius 3 is 2.68 bits per heavy atom. The molecule has 1 heterocycles. The van der Waals surface area contributed by atoms with Crippen LogP contribution in [0.2, 0.25) is 0 Å². The molecular formula is C17H23FN2O4S. The molecule has 138 valence electrons. The maximum Gasteiger partial charge on any atom is 0.318 e. The largest absolute Gasteiger partial charge is 0.371 e. The van der Waals surface area contributed by atoms with Gasteiger partial charge in [-0.2, -0.15) is 0 Å². The van der Waals surface area contributed by atoms with Crippen LogP contribution in [-0.2, 0) is 14.6 Å². The summed E-state index contributed by atoms with van der Waals surface area (Å²) in [6.45, 7) is 3.38. The van der Waals surface area contributed by atoms with E-state index in [1.54, 1.807) is 11.8 Å². The molecule has 1 aliphatic heterocycles. The minimum Gasteiger partial charge on any atom is -0.371 e. The Kier molecular flexibility index (Phi) is 4.76. The van der Waals surface area contributed by atoms with Crippen molar-refractivity contribution < 1.29 is 22.3 Å². The van der Waals surface area contributed by atoms with Crippen LogP contribution in [0.25, 0.3) is 0 Å². The molecule has 8 heteroatoms. The van der Waals surface area contributed by atoms with Gasteiger partial charge in [0.1, 0.15) is 10.7 Å². The summed E-state index contributed by atoms with van der Waals surface area (Å²) in [6.07, 6.45) is 4.04. The predicted molar refractivity (Wildman–Crippen MR) is 90.6 cm³/mol. The third kappa shape index (κ3) is 3.79. The Labute approximate surface area is 147 Å². The fourth-order valence-corrected chi connectivity index (χ4v) is 4.07. The second-order valence-corrected chi connectivity index (χ2v) is 8.92. The van der Waals surface area contributed by atoms with E-state index >= 15 is 0 Å². The minimum absolute atomic E-state index is 0.179. The topological polar surface area (TPSA) is 75.7 Å². The lowest BCUT2D eigenvalue weighted by atomic mass is 9.79. The Morgan fingerprint density at radius 1 is 1.40 bits per heavy atom. The lowest BCUT2D eigenvalue weighted by molar-refractivity contribution is -0.141. The number of nitrogens with one attached hydrogen (secondary N) is 1. The summed E-state index contributed by atoms with van der Waals surface area (Å²) >= 11 is 0. The van der Waals surface area contributed by atoms with Crippen LogP contribution in [0.1, 0.15) is 37.8 Å². The molecule has 1 aromatic rings. The van der Waals surface area contributed by atoms with E-state index < -0.39 is 21.7 Å². The van der Waals surface area contributed by atoms with Gasteiger partial charge in [-0.3, -0.25) is 0 Å². The zero-order valence-electron chi connectivity index (χ0n) is 14.4. The number of carbonyl (C=O) groups is 1. The van der Waals surface area contributed by atoms with E-state index in [2.05, 4.69) is 5.32 Å². The van der Waals surface area contributed by atoms with E-state index in [4.69, 9.17) is 4.74 Å². The van der Waals surface area contributed by atoms with Gasteiger partial charge in [0.15, 0.2) is 9.84 Å². The molecule has 3 rings (SSSR count). The summed E-state index contributed by atoms with van der Waals surface area (Å²) in [4.78, 5) is 13.9. The molecule has 1 aliphatic carbocycles. The molecule has 0 radical (unpaired) electrons. The molecule has 2 fully saturated rings. The molecule has 2 aliphatic rings. The Bertz CT molecular complexity index is 777. The van der Waals surface area contributed by atoms with Crippen molar-refractivity contribution in [3.8, 4) is 0 Å². The van der Waals surface area contributed by atoms with Crippen LogP contribution in [0.15, 0.2) is 23.1 Å². The normalized spacial score (nSPS) is 20.8. The van der Waals surface area contributed by atoms with Gasteiger partial charge in [0.25, 0.3) is 0 Å². The van der Waals surface area contributed by atoms with Crippen molar-refractivity contribution in [3.63, 3.8) is 0 Å². The molecule has 1 spiro atoms. The van der Waals surface area contributed by atoms with Gasteiger partial charge in [-0.15, -0.1) is 0 Å². The maximum atomic E-state index is 14.0. The number of hydrogen-bond donors (Lipinski definition) is 1. The predicted octanol–water partition coefficient (Wildman–Crippen LogP) is 2.25. The molecule has 1 unspecified atom stereocenters. The number of carbonyl (C=O) groups excluding carboxylic acids is 1. The molecule has 1 atom stereocenters. The summed E-state index contributed by atoms with van der Waals surface area (Å²) in [6, 6.07) is 3.27. The zero-order valence-corrected chi connectivity index (χ0v) is 15.2. The van der Waals surface area contributed by atoms with Crippen molar-refractivity contribution in [2.75, 3.05) is 26.0 Å². The molecule has 1 aromatic carbocycles. The van der Waals surface area contributed by atoms with Crippen LogP contribution in [0.4, 0.5) is 9.18 Å². The summed E-state index contributed by atoms with van der Waals surface area (Å²) in [5.74, 6) is -0.805. The van der Waals surface area contributed by atoms with Crippen molar-refractivity contribution in [1.82, 2.24) is 10.2 Å². The van der Waals surface area contributed by atoms with E-state index in [0.717, 1.165) is 31.6 Å². The highest BCUT2D eigenvalue weighted by Crippen LogP contribution is 2.38. The van der Waals surface area contributed by atoms with Crippen molar-refractivity contribution >= 4 is 15.9 Å². The average molecular weight is 370 g/mol. The van der Waals surface area contributed by atoms with Crippen molar-refractivity contribution in [2.24, 2.45) is 0 Å². The van der Waals surface area contributed by atoms with E-state index in [1.165, 1.54) is 12.1 Å². The first-order valence-electron chi connectivity index (χ1n) is 8.39. The highest BCUT2D eigenvalue weighted by molar-refractivity contribution is 7.90. The molecular weight excluding hydrogens is 347 g/mol. The first-order chi connectivity index (χ1) is 11.7. The molecule has 0 bridgehead atoms. The van der Waals surface area contributed by atoms with E-state index in [9.17, 15) is 17.6 Å². The molecule has 2 amide bonds. The van der Waals surface area contributed by atoms with Crippen LogP contribution in [0, 0.1) is 5.82 Å². The van der Waals surface area contributed by atoms with Crippen LogP contribution in [-0.4, -0.2) is 50.9 Å². The number of nitrogens with zero attached hydrogens (tertiary/aromatic N) is 1. The van der Waals surface area contributed by atoms with Crippen LogP contribution < -0.4 is 5.32 Å². The number of halogens is 1. The highest BCUT2D eigenvalue weighted by atomic mass is 32.2. The molecule has 1 saturated carbocycles. The Balaban J connectivity index is 1.66. The van der Waals surface area contributed by atoms with Gasteiger partial charge in [-0.25, -0.2) is 17.6 Å². The fraction of sp³-hybridized carbons (Fsp3) is 0.588. The van der Waals surface area contributed by atoms with Crippen LogP contribution in [0.5, 0.6) is 0 Å². The van der Waals surface area contributed by atoms with Crippen molar-refractivity contribution in [2.45, 2.75) is 42.7 Å². The third-order valence-electron chi connectivity index (χ3n) is 5.00. The van der Waals surface area contributed by atoms with Gasteiger partial charge in [-0.05, 0) is 43.9 Å². The minimum atomic E-state index is -3.61. The number of ether oxygens (including phenoxy) is 1. The molecule has 25 heavy (non-hydrogen) atoms. The third-order valence-corrected chi connectivity index (χ3v) is 6.13. The molecule has 0 aromatic heterocycles. The standard InChI is InChI=1S/C17H23FN2O4S/c1-12(13-4-5-15(14(18)10-13)25(2,22)23)19-16(21)20-8-9-24-17(11-20)6-3-7-17/h4-5,10,12H,3,6-9,11H2,1-2H3,(H,19,21). The van der Waals surface area contributed by atoms with Crippen LogP contribution in [0.3, 0.4) is 0 Å². The lowest BCUT2D eigenvalue weighted by Crippen LogP contribution is -2.58. The number of morpholine rings is 1. The SMILES string of the molecule is CC(NC(=O)N1CCOC2(CCC2)C1)c1ccc(S(C)(=O)=O)c(F)c1.